The molecule has 15 heavy (non-hydrogen) atoms. The highest BCUT2D eigenvalue weighted by molar-refractivity contribution is 9.10. The summed E-state index contributed by atoms with van der Waals surface area (Å²) in [5, 5.41) is 3.33. The van der Waals surface area contributed by atoms with Crippen molar-refractivity contribution in [2.24, 2.45) is 11.7 Å². The van der Waals surface area contributed by atoms with E-state index >= 15 is 0 Å². The van der Waals surface area contributed by atoms with E-state index < -0.39 is 0 Å². The number of benzene rings is 1. The van der Waals surface area contributed by atoms with E-state index in [1.54, 1.807) is 0 Å². The monoisotopic (exact) mass is 270 g/mol. The zero-order valence-corrected chi connectivity index (χ0v) is 10.9. The first-order valence-corrected chi connectivity index (χ1v) is 6.09. The van der Waals surface area contributed by atoms with Gasteiger partial charge in [0, 0.05) is 10.5 Å². The Morgan fingerprint density at radius 3 is 2.40 bits per heavy atom. The lowest BCUT2D eigenvalue weighted by molar-refractivity contribution is 0.438. The van der Waals surface area contributed by atoms with E-state index in [2.05, 4.69) is 52.4 Å². The van der Waals surface area contributed by atoms with Crippen LogP contribution in [0.25, 0.3) is 0 Å². The molecule has 0 aliphatic carbocycles. The highest BCUT2D eigenvalue weighted by Crippen LogP contribution is 2.22. The Hall–Kier alpha value is -0.380. The molecule has 0 aromatic heterocycles. The Balaban J connectivity index is 2.69. The van der Waals surface area contributed by atoms with Gasteiger partial charge in [-0.1, -0.05) is 35.0 Å². The molecule has 0 fully saturated rings. The summed E-state index contributed by atoms with van der Waals surface area (Å²) in [7, 11) is 2.00. The number of hydrogen-bond donors (Lipinski definition) is 2. The summed E-state index contributed by atoms with van der Waals surface area (Å²) in [4.78, 5) is 0. The minimum Gasteiger partial charge on any atom is -0.330 e. The Bertz CT molecular complexity index is 284. The Morgan fingerprint density at radius 1 is 1.33 bits per heavy atom. The maximum Gasteiger partial charge on any atom is 0.0320 e. The molecule has 0 heterocycles. The average Bonchev–Trinajstić information content (AvgIpc) is 2.27. The average molecular weight is 271 g/mol. The van der Waals surface area contributed by atoms with E-state index in [0.717, 1.165) is 17.4 Å². The molecule has 1 rings (SSSR count). The fraction of sp³-hybridized carbons (Fsp3) is 0.500. The molecule has 0 saturated heterocycles. The summed E-state index contributed by atoms with van der Waals surface area (Å²) in [6.07, 6.45) is 1.08. The highest BCUT2D eigenvalue weighted by Gasteiger charge is 2.12. The molecule has 3 N–H and O–H groups in total. The van der Waals surface area contributed by atoms with Crippen LogP contribution in [0.2, 0.25) is 0 Å². The molecular weight excluding hydrogens is 252 g/mol. The van der Waals surface area contributed by atoms with Crippen molar-refractivity contribution in [1.29, 1.82) is 0 Å². The van der Waals surface area contributed by atoms with Crippen molar-refractivity contribution in [2.45, 2.75) is 19.4 Å². The molecule has 0 aliphatic heterocycles. The third kappa shape index (κ3) is 3.93. The van der Waals surface area contributed by atoms with Gasteiger partial charge in [0.05, 0.1) is 0 Å². The summed E-state index contributed by atoms with van der Waals surface area (Å²) < 4.78 is 1.12. The fourth-order valence-electron chi connectivity index (χ4n) is 1.61. The lowest BCUT2D eigenvalue weighted by atomic mass is 9.96. The van der Waals surface area contributed by atoms with Crippen LogP contribution in [0.3, 0.4) is 0 Å². The van der Waals surface area contributed by atoms with Crippen molar-refractivity contribution in [3.8, 4) is 0 Å². The van der Waals surface area contributed by atoms with Crippen LogP contribution in [-0.2, 0) is 0 Å². The van der Waals surface area contributed by atoms with Gasteiger partial charge in [0.25, 0.3) is 0 Å². The first kappa shape index (κ1) is 12.7. The van der Waals surface area contributed by atoms with Gasteiger partial charge in [-0.3, -0.25) is 0 Å². The SMILES string of the molecule is CNC(CC(C)CN)c1ccc(Br)cc1. The van der Waals surface area contributed by atoms with Gasteiger partial charge in [-0.2, -0.15) is 0 Å². The van der Waals surface area contributed by atoms with Crippen molar-refractivity contribution in [2.75, 3.05) is 13.6 Å². The maximum absolute atomic E-state index is 5.64. The van der Waals surface area contributed by atoms with Crippen LogP contribution < -0.4 is 11.1 Å². The van der Waals surface area contributed by atoms with Gasteiger partial charge in [-0.15, -0.1) is 0 Å². The predicted molar refractivity (Wildman–Crippen MR) is 68.8 cm³/mol. The first-order valence-electron chi connectivity index (χ1n) is 5.30. The minimum absolute atomic E-state index is 0.400. The standard InChI is InChI=1S/C12H19BrN2/c1-9(8-14)7-12(15-2)10-3-5-11(13)6-4-10/h3-6,9,12,15H,7-8,14H2,1-2H3. The van der Waals surface area contributed by atoms with E-state index in [4.69, 9.17) is 5.73 Å². The van der Waals surface area contributed by atoms with Gasteiger partial charge in [-0.05, 0) is 43.6 Å². The zero-order valence-electron chi connectivity index (χ0n) is 9.33. The number of nitrogens with one attached hydrogen (secondary N) is 1. The Labute approximate surface area is 100 Å². The smallest absolute Gasteiger partial charge is 0.0320 e. The molecule has 0 radical (unpaired) electrons. The molecule has 1 aromatic rings. The van der Waals surface area contributed by atoms with E-state index in [1.165, 1.54) is 5.56 Å². The number of rotatable bonds is 5. The second kappa shape index (κ2) is 6.26. The molecule has 2 unspecified atom stereocenters. The summed E-state index contributed by atoms with van der Waals surface area (Å²) >= 11 is 3.44. The third-order valence-electron chi connectivity index (χ3n) is 2.66. The molecule has 2 nitrogen and oxygen atoms in total. The molecule has 3 heteroatoms. The number of nitrogens with two attached hydrogens (primary N) is 1. The second-order valence-corrected chi connectivity index (χ2v) is 4.89. The molecule has 0 amide bonds. The van der Waals surface area contributed by atoms with E-state index in [-0.39, 0.29) is 0 Å². The molecule has 84 valence electrons. The second-order valence-electron chi connectivity index (χ2n) is 3.97. The maximum atomic E-state index is 5.64. The van der Waals surface area contributed by atoms with E-state index in [9.17, 15) is 0 Å². The Kier molecular flexibility index (Phi) is 5.29. The normalized spacial score (nSPS) is 14.9. The molecular formula is C12H19BrN2. The summed E-state index contributed by atoms with van der Waals surface area (Å²) in [5.74, 6) is 0.547. The lowest BCUT2D eigenvalue weighted by Crippen LogP contribution is -2.22. The van der Waals surface area contributed by atoms with E-state index in [1.807, 2.05) is 7.05 Å². The quantitative estimate of drug-likeness (QED) is 0.864. The fourth-order valence-corrected chi connectivity index (χ4v) is 1.88. The topological polar surface area (TPSA) is 38.0 Å². The van der Waals surface area contributed by atoms with Crippen LogP contribution in [0.15, 0.2) is 28.7 Å². The highest BCUT2D eigenvalue weighted by atomic mass is 79.9. The van der Waals surface area contributed by atoms with Crippen molar-refractivity contribution >= 4 is 15.9 Å². The van der Waals surface area contributed by atoms with Gasteiger partial charge in [-0.25, -0.2) is 0 Å². The van der Waals surface area contributed by atoms with Gasteiger partial charge in [0.15, 0.2) is 0 Å². The van der Waals surface area contributed by atoms with Crippen LogP contribution in [0.5, 0.6) is 0 Å². The minimum atomic E-state index is 0.400. The van der Waals surface area contributed by atoms with Crippen LogP contribution in [0, 0.1) is 5.92 Å². The first-order chi connectivity index (χ1) is 7.17. The molecule has 0 aliphatic rings. The summed E-state index contributed by atoms with van der Waals surface area (Å²) in [5.41, 5.74) is 6.96. The van der Waals surface area contributed by atoms with Crippen LogP contribution >= 0.6 is 15.9 Å². The van der Waals surface area contributed by atoms with E-state index in [0.29, 0.717) is 12.0 Å². The van der Waals surface area contributed by atoms with Crippen molar-refractivity contribution in [1.82, 2.24) is 5.32 Å². The summed E-state index contributed by atoms with van der Waals surface area (Å²) in [6, 6.07) is 8.85. The van der Waals surface area contributed by atoms with Gasteiger partial charge < -0.3 is 11.1 Å². The third-order valence-corrected chi connectivity index (χ3v) is 3.19. The van der Waals surface area contributed by atoms with Crippen molar-refractivity contribution < 1.29 is 0 Å². The Morgan fingerprint density at radius 2 is 1.93 bits per heavy atom. The van der Waals surface area contributed by atoms with Gasteiger partial charge in [0.1, 0.15) is 0 Å². The molecule has 0 spiro atoms. The molecule has 0 bridgehead atoms. The van der Waals surface area contributed by atoms with Gasteiger partial charge in [0.2, 0.25) is 0 Å². The number of hydrogen-bond acceptors (Lipinski definition) is 2. The predicted octanol–water partition coefficient (Wildman–Crippen LogP) is 2.69. The molecule has 1 aromatic carbocycles. The number of halogens is 1. The zero-order chi connectivity index (χ0) is 11.3. The van der Waals surface area contributed by atoms with Crippen LogP contribution in [0.4, 0.5) is 0 Å². The van der Waals surface area contributed by atoms with Crippen LogP contribution in [0.1, 0.15) is 24.9 Å². The van der Waals surface area contributed by atoms with Crippen LogP contribution in [-0.4, -0.2) is 13.6 Å². The van der Waals surface area contributed by atoms with Crippen molar-refractivity contribution in [3.63, 3.8) is 0 Å². The largest absolute Gasteiger partial charge is 0.330 e. The van der Waals surface area contributed by atoms with Crippen molar-refractivity contribution in [3.05, 3.63) is 34.3 Å². The lowest BCUT2D eigenvalue weighted by Gasteiger charge is -2.20. The van der Waals surface area contributed by atoms with Gasteiger partial charge >= 0.3 is 0 Å². The molecule has 0 saturated carbocycles. The molecule has 2 atom stereocenters. The summed E-state index contributed by atoms with van der Waals surface area (Å²) in [6.45, 7) is 2.93.